The number of rotatable bonds is 2. The van der Waals surface area contributed by atoms with Gasteiger partial charge in [-0.25, -0.2) is 0 Å². The van der Waals surface area contributed by atoms with Crippen molar-refractivity contribution in [3.63, 3.8) is 0 Å². The predicted octanol–water partition coefficient (Wildman–Crippen LogP) is 0.692. The summed E-state index contributed by atoms with van der Waals surface area (Å²) in [5.74, 6) is -0.0686. The quantitative estimate of drug-likeness (QED) is 0.677. The first-order valence-electron chi connectivity index (χ1n) is 4.17. The maximum absolute atomic E-state index is 11.3. The predicted molar refractivity (Wildman–Crippen MR) is 43.7 cm³/mol. The van der Waals surface area contributed by atoms with Crippen LogP contribution in [0.4, 0.5) is 0 Å². The molecule has 64 valence electrons. The lowest BCUT2D eigenvalue weighted by molar-refractivity contribution is 0.0912. The molecule has 12 heavy (non-hydrogen) atoms. The summed E-state index contributed by atoms with van der Waals surface area (Å²) in [5, 5.41) is 9.30. The second-order valence-electron chi connectivity index (χ2n) is 3.06. The van der Waals surface area contributed by atoms with E-state index in [1.807, 2.05) is 0 Å². The van der Waals surface area contributed by atoms with Crippen molar-refractivity contribution >= 4 is 5.91 Å². The molecule has 0 bridgehead atoms. The van der Waals surface area contributed by atoms with Crippen LogP contribution in [0.5, 0.6) is 0 Å². The van der Waals surface area contributed by atoms with Gasteiger partial charge < -0.3 is 5.32 Å². The molecule has 1 saturated carbocycles. The van der Waals surface area contributed by atoms with Crippen LogP contribution in [0.2, 0.25) is 0 Å². The van der Waals surface area contributed by atoms with Gasteiger partial charge in [-0.1, -0.05) is 0 Å². The molecule has 1 amide bonds. The Morgan fingerprint density at radius 2 is 2.50 bits per heavy atom. The van der Waals surface area contributed by atoms with Crippen LogP contribution in [0.1, 0.15) is 29.8 Å². The fourth-order valence-corrected chi connectivity index (χ4v) is 1.20. The average molecular weight is 165 g/mol. The van der Waals surface area contributed by atoms with Gasteiger partial charge in [0, 0.05) is 12.2 Å². The van der Waals surface area contributed by atoms with Gasteiger partial charge in [0.2, 0.25) is 0 Å². The smallest absolute Gasteiger partial charge is 0.271 e. The summed E-state index contributed by atoms with van der Waals surface area (Å²) in [6, 6.07) is 2.06. The third-order valence-electron chi connectivity index (χ3n) is 2.17. The fourth-order valence-electron chi connectivity index (χ4n) is 1.20. The molecule has 0 aromatic carbocycles. The minimum Gasteiger partial charge on any atom is -0.348 e. The van der Waals surface area contributed by atoms with Crippen LogP contribution in [-0.4, -0.2) is 22.1 Å². The zero-order chi connectivity index (χ0) is 8.39. The Balaban J connectivity index is 1.92. The van der Waals surface area contributed by atoms with Crippen LogP contribution in [0.25, 0.3) is 0 Å². The Kier molecular flexibility index (Phi) is 1.81. The first kappa shape index (κ1) is 7.34. The largest absolute Gasteiger partial charge is 0.348 e. The maximum atomic E-state index is 11.3. The SMILES string of the molecule is O=C(NC1CCC1)c1cc[nH]n1. The van der Waals surface area contributed by atoms with E-state index in [-0.39, 0.29) is 5.91 Å². The molecule has 0 radical (unpaired) electrons. The zero-order valence-electron chi connectivity index (χ0n) is 6.71. The third-order valence-corrected chi connectivity index (χ3v) is 2.17. The molecule has 4 nitrogen and oxygen atoms in total. The number of carbonyl (C=O) groups is 1. The monoisotopic (exact) mass is 165 g/mol. The van der Waals surface area contributed by atoms with Crippen molar-refractivity contribution in [1.29, 1.82) is 0 Å². The summed E-state index contributed by atoms with van der Waals surface area (Å²) in [5.41, 5.74) is 0.474. The number of nitrogens with one attached hydrogen (secondary N) is 2. The van der Waals surface area contributed by atoms with Gasteiger partial charge in [0.15, 0.2) is 0 Å². The van der Waals surface area contributed by atoms with E-state index in [1.54, 1.807) is 12.3 Å². The molecule has 1 aromatic heterocycles. The minimum absolute atomic E-state index is 0.0686. The molecule has 0 atom stereocenters. The number of amides is 1. The molecule has 1 aliphatic carbocycles. The summed E-state index contributed by atoms with van der Waals surface area (Å²) >= 11 is 0. The summed E-state index contributed by atoms with van der Waals surface area (Å²) < 4.78 is 0. The summed E-state index contributed by atoms with van der Waals surface area (Å²) in [4.78, 5) is 11.3. The number of H-pyrrole nitrogens is 1. The van der Waals surface area contributed by atoms with Gasteiger partial charge in [-0.2, -0.15) is 5.10 Å². The van der Waals surface area contributed by atoms with E-state index < -0.39 is 0 Å². The highest BCUT2D eigenvalue weighted by molar-refractivity contribution is 5.92. The molecule has 1 aliphatic rings. The van der Waals surface area contributed by atoms with Crippen molar-refractivity contribution in [2.45, 2.75) is 25.3 Å². The second kappa shape index (κ2) is 2.97. The van der Waals surface area contributed by atoms with E-state index in [9.17, 15) is 4.79 Å². The Labute approximate surface area is 70.4 Å². The van der Waals surface area contributed by atoms with Gasteiger partial charge >= 0.3 is 0 Å². The van der Waals surface area contributed by atoms with E-state index >= 15 is 0 Å². The van der Waals surface area contributed by atoms with Crippen molar-refractivity contribution in [3.05, 3.63) is 18.0 Å². The van der Waals surface area contributed by atoms with Crippen LogP contribution >= 0.6 is 0 Å². The highest BCUT2D eigenvalue weighted by atomic mass is 16.2. The standard InChI is InChI=1S/C8H11N3O/c12-8(7-4-5-9-11-7)10-6-2-1-3-6/h4-6H,1-3H2,(H,9,11)(H,10,12). The zero-order valence-corrected chi connectivity index (χ0v) is 6.71. The van der Waals surface area contributed by atoms with Gasteiger partial charge in [0.1, 0.15) is 5.69 Å². The molecule has 0 spiro atoms. The first-order valence-corrected chi connectivity index (χ1v) is 4.17. The van der Waals surface area contributed by atoms with Crippen LogP contribution < -0.4 is 5.32 Å². The number of hydrogen-bond acceptors (Lipinski definition) is 2. The number of hydrogen-bond donors (Lipinski definition) is 2. The normalized spacial score (nSPS) is 17.0. The van der Waals surface area contributed by atoms with Crippen LogP contribution in [0.15, 0.2) is 12.3 Å². The maximum Gasteiger partial charge on any atom is 0.271 e. The summed E-state index contributed by atoms with van der Waals surface area (Å²) in [6.07, 6.45) is 5.09. The Bertz CT molecular complexity index is 264. The molecule has 2 N–H and O–H groups in total. The van der Waals surface area contributed by atoms with Gasteiger partial charge in [0.25, 0.3) is 5.91 Å². The highest BCUT2D eigenvalue weighted by Gasteiger charge is 2.20. The molecule has 1 fully saturated rings. The molecule has 1 aromatic rings. The van der Waals surface area contributed by atoms with Crippen LogP contribution in [0, 0.1) is 0 Å². The first-order chi connectivity index (χ1) is 5.86. The molecule has 1 heterocycles. The average Bonchev–Trinajstić information content (AvgIpc) is 2.47. The van der Waals surface area contributed by atoms with Crippen molar-refractivity contribution in [3.8, 4) is 0 Å². The van der Waals surface area contributed by atoms with Crippen LogP contribution in [0.3, 0.4) is 0 Å². The minimum atomic E-state index is -0.0686. The van der Waals surface area contributed by atoms with Crippen molar-refractivity contribution in [2.24, 2.45) is 0 Å². The molecule has 0 unspecified atom stereocenters. The van der Waals surface area contributed by atoms with Crippen molar-refractivity contribution < 1.29 is 4.79 Å². The topological polar surface area (TPSA) is 57.8 Å². The number of aromatic amines is 1. The summed E-state index contributed by atoms with van der Waals surface area (Å²) in [6.45, 7) is 0. The number of carbonyl (C=O) groups excluding carboxylic acids is 1. The van der Waals surface area contributed by atoms with E-state index in [1.165, 1.54) is 6.42 Å². The number of nitrogens with zero attached hydrogens (tertiary/aromatic N) is 1. The van der Waals surface area contributed by atoms with E-state index in [0.717, 1.165) is 12.8 Å². The molecular weight excluding hydrogens is 154 g/mol. The molecule has 4 heteroatoms. The van der Waals surface area contributed by atoms with E-state index in [4.69, 9.17) is 0 Å². The van der Waals surface area contributed by atoms with Gasteiger partial charge in [-0.15, -0.1) is 0 Å². The van der Waals surface area contributed by atoms with Crippen LogP contribution in [-0.2, 0) is 0 Å². The lowest BCUT2D eigenvalue weighted by atomic mass is 9.93. The van der Waals surface area contributed by atoms with E-state index in [2.05, 4.69) is 15.5 Å². The van der Waals surface area contributed by atoms with Gasteiger partial charge in [-0.3, -0.25) is 9.89 Å². The molecule has 2 rings (SSSR count). The molecular formula is C8H11N3O. The highest BCUT2D eigenvalue weighted by Crippen LogP contribution is 2.18. The third kappa shape index (κ3) is 1.32. The lowest BCUT2D eigenvalue weighted by Gasteiger charge is -2.25. The summed E-state index contributed by atoms with van der Waals surface area (Å²) in [7, 11) is 0. The van der Waals surface area contributed by atoms with Gasteiger partial charge in [0.05, 0.1) is 0 Å². The van der Waals surface area contributed by atoms with E-state index in [0.29, 0.717) is 11.7 Å². The Morgan fingerprint density at radius 1 is 1.67 bits per heavy atom. The van der Waals surface area contributed by atoms with Gasteiger partial charge in [-0.05, 0) is 25.3 Å². The molecule has 0 saturated heterocycles. The Hall–Kier alpha value is -1.32. The second-order valence-corrected chi connectivity index (χ2v) is 3.06. The lowest BCUT2D eigenvalue weighted by Crippen LogP contribution is -2.39. The van der Waals surface area contributed by atoms with Crippen molar-refractivity contribution in [1.82, 2.24) is 15.5 Å². The Morgan fingerprint density at radius 3 is 3.00 bits per heavy atom. The fraction of sp³-hybridized carbons (Fsp3) is 0.500. The molecule has 0 aliphatic heterocycles. The number of aromatic nitrogens is 2. The van der Waals surface area contributed by atoms with Crippen molar-refractivity contribution in [2.75, 3.05) is 0 Å².